The van der Waals surface area contributed by atoms with Crippen LogP contribution in [-0.2, 0) is 4.79 Å². The second-order valence-electron chi connectivity index (χ2n) is 4.62. The molecule has 0 unspecified atom stereocenters. The lowest BCUT2D eigenvalue weighted by atomic mass is 10.2. The normalized spacial score (nSPS) is 11.4. The molecular formula is C15H26N6O2. The van der Waals surface area contributed by atoms with Gasteiger partial charge in [0.1, 0.15) is 11.9 Å². The number of guanidine groups is 1. The van der Waals surface area contributed by atoms with E-state index in [0.29, 0.717) is 19.4 Å². The zero-order valence-corrected chi connectivity index (χ0v) is 13.4. The number of hydrogen-bond donors (Lipinski definition) is 5. The van der Waals surface area contributed by atoms with Gasteiger partial charge in [-0.3, -0.25) is 10.2 Å². The Morgan fingerprint density at radius 2 is 2.35 bits per heavy atom. The van der Waals surface area contributed by atoms with E-state index >= 15 is 0 Å². The first-order valence-corrected chi connectivity index (χ1v) is 7.30. The third-order valence-corrected chi connectivity index (χ3v) is 2.71. The summed E-state index contributed by atoms with van der Waals surface area (Å²) >= 11 is 0. The van der Waals surface area contributed by atoms with Crippen molar-refractivity contribution in [2.24, 2.45) is 11.5 Å². The second kappa shape index (κ2) is 12.0. The second-order valence-corrected chi connectivity index (χ2v) is 4.62. The summed E-state index contributed by atoms with van der Waals surface area (Å²) in [5.74, 6) is -0.230. The third-order valence-electron chi connectivity index (χ3n) is 2.71. The van der Waals surface area contributed by atoms with Gasteiger partial charge < -0.3 is 26.5 Å². The van der Waals surface area contributed by atoms with Crippen LogP contribution < -0.4 is 16.8 Å². The van der Waals surface area contributed by atoms with Crippen molar-refractivity contribution in [3.05, 3.63) is 30.9 Å². The van der Waals surface area contributed by atoms with Gasteiger partial charge in [-0.15, -0.1) is 0 Å². The molecule has 0 aliphatic heterocycles. The van der Waals surface area contributed by atoms with Gasteiger partial charge in [0.25, 0.3) is 0 Å². The minimum atomic E-state index is -1.00. The zero-order valence-electron chi connectivity index (χ0n) is 13.4. The molecule has 128 valence electrons. The van der Waals surface area contributed by atoms with Gasteiger partial charge in [-0.05, 0) is 25.3 Å². The van der Waals surface area contributed by atoms with E-state index in [2.05, 4.69) is 29.9 Å². The first-order valence-electron chi connectivity index (χ1n) is 7.30. The first kappa shape index (κ1) is 20.4. The fraction of sp³-hybridized carbons (Fsp3) is 0.400. The van der Waals surface area contributed by atoms with Crippen LogP contribution in [0.5, 0.6) is 0 Å². The van der Waals surface area contributed by atoms with Crippen LogP contribution in [0.25, 0.3) is 12.3 Å². The SMILES string of the molecule is C=Cc1nccn1C=CCC.N=C(N)NCCC[C@H](N)C(=O)O. The number of nitrogens with one attached hydrogen (secondary N) is 2. The Kier molecular flexibility index (Phi) is 10.6. The van der Waals surface area contributed by atoms with E-state index in [1.54, 1.807) is 12.3 Å². The van der Waals surface area contributed by atoms with Crippen LogP contribution in [0.2, 0.25) is 0 Å². The topological polar surface area (TPSA) is 143 Å². The lowest BCUT2D eigenvalue weighted by Gasteiger charge is -2.06. The van der Waals surface area contributed by atoms with Crippen LogP contribution in [0.4, 0.5) is 0 Å². The van der Waals surface area contributed by atoms with Crippen molar-refractivity contribution in [1.82, 2.24) is 14.9 Å². The first-order chi connectivity index (χ1) is 10.9. The molecule has 1 heterocycles. The molecule has 8 nitrogen and oxygen atoms in total. The van der Waals surface area contributed by atoms with Gasteiger partial charge in [0.2, 0.25) is 0 Å². The number of hydrogen-bond acceptors (Lipinski definition) is 4. The summed E-state index contributed by atoms with van der Waals surface area (Å²) in [6.45, 7) is 6.24. The van der Waals surface area contributed by atoms with Gasteiger partial charge in [-0.25, -0.2) is 4.98 Å². The van der Waals surface area contributed by atoms with Crippen LogP contribution in [0.3, 0.4) is 0 Å². The van der Waals surface area contributed by atoms with E-state index in [4.69, 9.17) is 22.0 Å². The lowest BCUT2D eigenvalue weighted by molar-refractivity contribution is -0.138. The third kappa shape index (κ3) is 9.86. The van der Waals surface area contributed by atoms with Crippen molar-refractivity contribution in [2.45, 2.75) is 32.2 Å². The molecule has 0 saturated carbocycles. The van der Waals surface area contributed by atoms with Gasteiger partial charge in [-0.2, -0.15) is 0 Å². The average molecular weight is 322 g/mol. The van der Waals surface area contributed by atoms with E-state index in [9.17, 15) is 4.79 Å². The molecule has 1 rings (SSSR count). The number of nitrogens with two attached hydrogens (primary N) is 2. The van der Waals surface area contributed by atoms with E-state index in [0.717, 1.165) is 12.2 Å². The maximum Gasteiger partial charge on any atom is 0.320 e. The van der Waals surface area contributed by atoms with Crippen molar-refractivity contribution >= 4 is 24.2 Å². The van der Waals surface area contributed by atoms with Gasteiger partial charge in [0.15, 0.2) is 5.96 Å². The van der Waals surface area contributed by atoms with Crippen molar-refractivity contribution in [2.75, 3.05) is 6.54 Å². The largest absolute Gasteiger partial charge is 0.480 e. The van der Waals surface area contributed by atoms with Crippen molar-refractivity contribution in [1.29, 1.82) is 5.41 Å². The van der Waals surface area contributed by atoms with E-state index < -0.39 is 12.0 Å². The number of carbonyl (C=O) groups is 1. The Morgan fingerprint density at radius 1 is 1.65 bits per heavy atom. The quantitative estimate of drug-likeness (QED) is 0.275. The molecule has 0 radical (unpaired) electrons. The Bertz CT molecular complexity index is 524. The van der Waals surface area contributed by atoms with Crippen molar-refractivity contribution < 1.29 is 9.90 Å². The summed E-state index contributed by atoms with van der Waals surface area (Å²) in [4.78, 5) is 14.3. The molecule has 1 atom stereocenters. The fourth-order valence-corrected chi connectivity index (χ4v) is 1.50. The minimum Gasteiger partial charge on any atom is -0.480 e. The average Bonchev–Trinajstić information content (AvgIpc) is 2.97. The molecule has 0 fully saturated rings. The number of aromatic nitrogens is 2. The molecule has 1 aromatic heterocycles. The number of nitrogens with zero attached hydrogens (tertiary/aromatic N) is 2. The summed E-state index contributed by atoms with van der Waals surface area (Å²) in [6.07, 6.45) is 11.5. The number of rotatable bonds is 8. The van der Waals surface area contributed by atoms with Gasteiger partial charge in [0, 0.05) is 25.1 Å². The van der Waals surface area contributed by atoms with Gasteiger partial charge >= 0.3 is 5.97 Å². The van der Waals surface area contributed by atoms with E-state index in [-0.39, 0.29) is 5.96 Å². The molecule has 0 aromatic carbocycles. The number of allylic oxidation sites excluding steroid dienone is 1. The molecule has 23 heavy (non-hydrogen) atoms. The van der Waals surface area contributed by atoms with Crippen LogP contribution in [0.15, 0.2) is 25.0 Å². The summed E-state index contributed by atoms with van der Waals surface area (Å²) in [5.41, 5.74) is 10.2. The maximum atomic E-state index is 10.2. The summed E-state index contributed by atoms with van der Waals surface area (Å²) in [7, 11) is 0. The maximum absolute atomic E-state index is 10.2. The molecular weight excluding hydrogens is 296 g/mol. The van der Waals surface area contributed by atoms with Gasteiger partial charge in [0.05, 0.1) is 0 Å². The lowest BCUT2D eigenvalue weighted by Crippen LogP contribution is -2.34. The zero-order chi connectivity index (χ0) is 17.7. The fourth-order valence-electron chi connectivity index (χ4n) is 1.50. The van der Waals surface area contributed by atoms with E-state index in [1.165, 1.54) is 0 Å². The molecule has 0 aliphatic rings. The minimum absolute atomic E-state index is 0.112. The molecule has 0 spiro atoms. The summed E-state index contributed by atoms with van der Waals surface area (Å²) < 4.78 is 1.94. The summed E-state index contributed by atoms with van der Waals surface area (Å²) in [5, 5.41) is 17.7. The molecule has 0 amide bonds. The highest BCUT2D eigenvalue weighted by molar-refractivity contribution is 5.74. The Morgan fingerprint density at radius 3 is 2.87 bits per heavy atom. The number of carboxylic acid groups (broad SMARTS) is 1. The van der Waals surface area contributed by atoms with Crippen LogP contribution in [0.1, 0.15) is 32.0 Å². The van der Waals surface area contributed by atoms with Crippen LogP contribution in [0, 0.1) is 5.41 Å². The molecule has 7 N–H and O–H groups in total. The number of imidazole rings is 1. The number of aliphatic carboxylic acids is 1. The molecule has 0 bridgehead atoms. The highest BCUT2D eigenvalue weighted by Gasteiger charge is 2.09. The standard InChI is InChI=1S/C9H12N2.C6H14N4O2/c1-3-5-7-11-8-6-10-9(11)4-2;7-4(5(11)12)2-1-3-10-6(8)9/h4-8H,2-3H2,1H3;4H,1-3,7H2,(H,11,12)(H4,8,9,10)/t;4-/m.0/s1. The smallest absolute Gasteiger partial charge is 0.320 e. The molecule has 8 heteroatoms. The molecule has 1 aromatic rings. The Balaban J connectivity index is 0.000000422. The van der Waals surface area contributed by atoms with Crippen LogP contribution in [-0.4, -0.2) is 39.2 Å². The Labute approximate surface area is 136 Å². The number of carboxylic acids is 1. The van der Waals surface area contributed by atoms with Gasteiger partial charge in [-0.1, -0.05) is 19.6 Å². The highest BCUT2D eigenvalue weighted by atomic mass is 16.4. The molecule has 0 aliphatic carbocycles. The van der Waals surface area contributed by atoms with Crippen molar-refractivity contribution in [3.63, 3.8) is 0 Å². The van der Waals surface area contributed by atoms with Crippen LogP contribution >= 0.6 is 0 Å². The Hall–Kier alpha value is -2.61. The molecule has 0 saturated heterocycles. The highest BCUT2D eigenvalue weighted by Crippen LogP contribution is 1.99. The van der Waals surface area contributed by atoms with E-state index in [1.807, 2.05) is 17.0 Å². The summed E-state index contributed by atoms with van der Waals surface area (Å²) in [6, 6.07) is -0.821. The predicted octanol–water partition coefficient (Wildman–Crippen LogP) is 1.07. The monoisotopic (exact) mass is 322 g/mol. The van der Waals surface area contributed by atoms with Crippen molar-refractivity contribution in [3.8, 4) is 0 Å². The predicted molar refractivity (Wildman–Crippen MR) is 92.7 cm³/mol.